The van der Waals surface area contributed by atoms with Crippen LogP contribution in [0.2, 0.25) is 0 Å². The fourth-order valence-corrected chi connectivity index (χ4v) is 10.6. The molecule has 0 aromatic carbocycles. The maximum absolute atomic E-state index is 12.5. The molecule has 71 heavy (non-hydrogen) atoms. The smallest absolute Gasteiger partial charge is 0.305 e. The molecule has 424 valence electrons. The number of ether oxygens (including phenoxy) is 1. The molecule has 0 bridgehead atoms. The third-order valence-corrected chi connectivity index (χ3v) is 15.7. The summed E-state index contributed by atoms with van der Waals surface area (Å²) >= 11 is 0. The molecule has 0 saturated heterocycles. The average Bonchev–Trinajstić information content (AvgIpc) is 3.37. The SMILES string of the molecule is CCCCCCCCCCCCCCCCCCCCCCCCCCC(O)C(CO)NC(=O)CCCCCCCCCCCCCCCOC(=O)CCCCCCCCCCCCCCCCCCC. The number of hydrogen-bond acceptors (Lipinski definition) is 5. The van der Waals surface area contributed by atoms with Crippen molar-refractivity contribution in [3.8, 4) is 0 Å². The predicted octanol–water partition coefficient (Wildman–Crippen LogP) is 20.6. The Bertz CT molecular complexity index is 1020. The molecule has 0 rings (SSSR count). The van der Waals surface area contributed by atoms with Crippen molar-refractivity contribution in [2.45, 2.75) is 392 Å². The molecule has 0 aromatic rings. The van der Waals surface area contributed by atoms with Crippen LogP contribution in [0.4, 0.5) is 0 Å². The fourth-order valence-electron chi connectivity index (χ4n) is 10.6. The zero-order valence-electron chi connectivity index (χ0n) is 48.5. The van der Waals surface area contributed by atoms with E-state index in [0.717, 1.165) is 51.4 Å². The van der Waals surface area contributed by atoms with Gasteiger partial charge < -0.3 is 20.3 Å². The Morgan fingerprint density at radius 2 is 0.577 bits per heavy atom. The summed E-state index contributed by atoms with van der Waals surface area (Å²) in [6.07, 6.45) is 72.6. The molecule has 0 saturated carbocycles. The van der Waals surface area contributed by atoms with Crippen molar-refractivity contribution in [3.63, 3.8) is 0 Å². The topological polar surface area (TPSA) is 95.9 Å². The molecule has 6 nitrogen and oxygen atoms in total. The lowest BCUT2D eigenvalue weighted by molar-refractivity contribution is -0.143. The van der Waals surface area contributed by atoms with E-state index in [1.54, 1.807) is 0 Å². The lowest BCUT2D eigenvalue weighted by Gasteiger charge is -2.22. The minimum Gasteiger partial charge on any atom is -0.466 e. The standard InChI is InChI=1S/C65H129NO5/c1-3-5-7-9-11-13-15-17-19-21-22-23-24-25-26-27-29-30-33-37-41-45-49-53-57-63(68)62(61-67)66-64(69)58-54-50-46-42-38-34-32-36-40-44-48-52-56-60-71-65(70)59-55-51-47-43-39-35-31-28-20-18-16-14-12-10-8-6-4-2/h62-63,67-68H,3-61H2,1-2H3,(H,66,69). The van der Waals surface area contributed by atoms with Crippen molar-refractivity contribution < 1.29 is 24.5 Å². The van der Waals surface area contributed by atoms with Gasteiger partial charge in [0.25, 0.3) is 0 Å². The minimum absolute atomic E-state index is 0.000406. The van der Waals surface area contributed by atoms with E-state index in [4.69, 9.17) is 4.74 Å². The number of amides is 1. The molecule has 0 radical (unpaired) electrons. The van der Waals surface area contributed by atoms with Crippen molar-refractivity contribution >= 4 is 11.9 Å². The summed E-state index contributed by atoms with van der Waals surface area (Å²) in [5.74, 6) is -0.0416. The first-order chi connectivity index (χ1) is 35.0. The second-order valence-electron chi connectivity index (χ2n) is 22.8. The first kappa shape index (κ1) is 69.9. The molecule has 0 spiro atoms. The van der Waals surface area contributed by atoms with Crippen LogP contribution in [0.3, 0.4) is 0 Å². The van der Waals surface area contributed by atoms with E-state index in [1.165, 1.54) is 295 Å². The van der Waals surface area contributed by atoms with Crippen LogP contribution in [-0.4, -0.2) is 47.4 Å². The van der Waals surface area contributed by atoms with Crippen LogP contribution in [0.1, 0.15) is 380 Å². The molecule has 0 aromatic heterocycles. The van der Waals surface area contributed by atoms with Gasteiger partial charge in [-0.3, -0.25) is 9.59 Å². The highest BCUT2D eigenvalue weighted by Crippen LogP contribution is 2.19. The Morgan fingerprint density at radius 1 is 0.338 bits per heavy atom. The maximum Gasteiger partial charge on any atom is 0.305 e. The Balaban J connectivity index is 3.41. The molecule has 6 heteroatoms. The van der Waals surface area contributed by atoms with Crippen molar-refractivity contribution in [1.82, 2.24) is 5.32 Å². The molecule has 1 amide bonds. The molecular formula is C65H129NO5. The summed E-state index contributed by atoms with van der Waals surface area (Å²) < 4.78 is 5.49. The van der Waals surface area contributed by atoms with Crippen LogP contribution in [0.5, 0.6) is 0 Å². The van der Waals surface area contributed by atoms with Crippen molar-refractivity contribution in [2.24, 2.45) is 0 Å². The highest BCUT2D eigenvalue weighted by molar-refractivity contribution is 5.76. The number of nitrogens with one attached hydrogen (secondary N) is 1. The fraction of sp³-hybridized carbons (Fsp3) is 0.969. The molecule has 0 aliphatic carbocycles. The second kappa shape index (κ2) is 61.4. The summed E-state index contributed by atoms with van der Waals surface area (Å²) in [5.41, 5.74) is 0. The van der Waals surface area contributed by atoms with Crippen LogP contribution in [0.15, 0.2) is 0 Å². The first-order valence-corrected chi connectivity index (χ1v) is 32.8. The van der Waals surface area contributed by atoms with Gasteiger partial charge in [-0.05, 0) is 25.7 Å². The number of hydrogen-bond donors (Lipinski definition) is 3. The molecule has 0 heterocycles. The van der Waals surface area contributed by atoms with Gasteiger partial charge in [-0.2, -0.15) is 0 Å². The number of carbonyl (C=O) groups is 2. The van der Waals surface area contributed by atoms with Crippen LogP contribution in [0.25, 0.3) is 0 Å². The third kappa shape index (κ3) is 58.0. The maximum atomic E-state index is 12.5. The number of rotatable bonds is 62. The van der Waals surface area contributed by atoms with E-state index in [-0.39, 0.29) is 18.5 Å². The van der Waals surface area contributed by atoms with Crippen LogP contribution in [-0.2, 0) is 14.3 Å². The van der Waals surface area contributed by atoms with E-state index >= 15 is 0 Å². The van der Waals surface area contributed by atoms with E-state index in [2.05, 4.69) is 19.2 Å². The monoisotopic (exact) mass is 1000 g/mol. The van der Waals surface area contributed by atoms with Gasteiger partial charge in [0.15, 0.2) is 0 Å². The summed E-state index contributed by atoms with van der Waals surface area (Å²) in [6, 6.07) is -0.551. The minimum atomic E-state index is -0.673. The van der Waals surface area contributed by atoms with Gasteiger partial charge in [0.1, 0.15) is 0 Å². The van der Waals surface area contributed by atoms with Crippen LogP contribution >= 0.6 is 0 Å². The van der Waals surface area contributed by atoms with E-state index < -0.39 is 12.1 Å². The van der Waals surface area contributed by atoms with E-state index in [9.17, 15) is 19.8 Å². The number of unbranched alkanes of at least 4 members (excludes halogenated alkanes) is 51. The normalized spacial score (nSPS) is 12.5. The molecular weight excluding hydrogens is 875 g/mol. The van der Waals surface area contributed by atoms with Crippen molar-refractivity contribution in [1.29, 1.82) is 0 Å². The first-order valence-electron chi connectivity index (χ1n) is 32.8. The lowest BCUT2D eigenvalue weighted by atomic mass is 10.0. The zero-order valence-corrected chi connectivity index (χ0v) is 48.5. The van der Waals surface area contributed by atoms with Gasteiger partial charge in [-0.15, -0.1) is 0 Å². The van der Waals surface area contributed by atoms with Crippen LogP contribution < -0.4 is 5.32 Å². The Kier molecular flexibility index (Phi) is 60.4. The Labute approximate surface area is 445 Å². The molecule has 0 aliphatic heterocycles. The molecule has 0 aliphatic rings. The van der Waals surface area contributed by atoms with Gasteiger partial charge in [0.2, 0.25) is 5.91 Å². The van der Waals surface area contributed by atoms with Gasteiger partial charge in [0.05, 0.1) is 25.4 Å². The van der Waals surface area contributed by atoms with E-state index in [0.29, 0.717) is 25.9 Å². The molecule has 2 unspecified atom stereocenters. The summed E-state index contributed by atoms with van der Waals surface area (Å²) in [6.45, 7) is 4.97. The number of aliphatic hydroxyl groups excluding tert-OH is 2. The largest absolute Gasteiger partial charge is 0.466 e. The van der Waals surface area contributed by atoms with Gasteiger partial charge in [-0.1, -0.05) is 341 Å². The third-order valence-electron chi connectivity index (χ3n) is 15.7. The van der Waals surface area contributed by atoms with Crippen molar-refractivity contribution in [2.75, 3.05) is 13.2 Å². The van der Waals surface area contributed by atoms with Gasteiger partial charge in [0, 0.05) is 12.8 Å². The number of carbonyl (C=O) groups excluding carboxylic acids is 2. The zero-order chi connectivity index (χ0) is 51.4. The Morgan fingerprint density at radius 3 is 0.859 bits per heavy atom. The molecule has 3 N–H and O–H groups in total. The summed E-state index contributed by atoms with van der Waals surface area (Å²) in [5, 5.41) is 23.4. The highest BCUT2D eigenvalue weighted by atomic mass is 16.5. The summed E-state index contributed by atoms with van der Waals surface area (Å²) in [7, 11) is 0. The number of esters is 1. The highest BCUT2D eigenvalue weighted by Gasteiger charge is 2.20. The Hall–Kier alpha value is -1.14. The van der Waals surface area contributed by atoms with Crippen LogP contribution in [0, 0.1) is 0 Å². The lowest BCUT2D eigenvalue weighted by Crippen LogP contribution is -2.45. The van der Waals surface area contributed by atoms with Gasteiger partial charge >= 0.3 is 5.97 Å². The predicted molar refractivity (Wildman–Crippen MR) is 310 cm³/mol. The van der Waals surface area contributed by atoms with Crippen molar-refractivity contribution in [3.05, 3.63) is 0 Å². The molecule has 0 fully saturated rings. The summed E-state index contributed by atoms with van der Waals surface area (Å²) in [4.78, 5) is 24.6. The quantitative estimate of drug-likeness (QED) is 0.0417. The number of aliphatic hydroxyl groups is 2. The molecule has 2 atom stereocenters. The van der Waals surface area contributed by atoms with E-state index in [1.807, 2.05) is 0 Å². The average molecular weight is 1000 g/mol. The second-order valence-corrected chi connectivity index (χ2v) is 22.8. The van der Waals surface area contributed by atoms with Gasteiger partial charge in [-0.25, -0.2) is 0 Å².